The van der Waals surface area contributed by atoms with Crippen LogP contribution in [0.3, 0.4) is 0 Å². The molecule has 1 N–H and O–H groups in total. The van der Waals surface area contributed by atoms with E-state index in [0.717, 1.165) is 29.9 Å². The lowest BCUT2D eigenvalue weighted by Crippen LogP contribution is -2.24. The van der Waals surface area contributed by atoms with Crippen molar-refractivity contribution in [3.05, 3.63) is 65.5 Å². The predicted octanol–water partition coefficient (Wildman–Crippen LogP) is 2.91. The van der Waals surface area contributed by atoms with Gasteiger partial charge in [0.2, 0.25) is 5.91 Å². The maximum absolute atomic E-state index is 12.0. The summed E-state index contributed by atoms with van der Waals surface area (Å²) < 4.78 is 5.47. The van der Waals surface area contributed by atoms with E-state index in [1.165, 1.54) is 5.56 Å². The van der Waals surface area contributed by atoms with Gasteiger partial charge in [0, 0.05) is 24.9 Å². The lowest BCUT2D eigenvalue weighted by atomic mass is 10.1. The molecule has 0 radical (unpaired) electrons. The minimum absolute atomic E-state index is 0.0701. The third kappa shape index (κ3) is 3.34. The predicted molar refractivity (Wildman–Crippen MR) is 85.5 cm³/mol. The standard InChI is InChI=1S/C18H18N2O2/c1-13(16-3-2-9-19-12-16)20-18(21)7-5-14-4-6-17-15(11-14)8-10-22-17/h2-7,9,11-13H,8,10H2,1H3,(H,20,21)/b7-5+. The molecule has 22 heavy (non-hydrogen) atoms. The molecular formula is C18H18N2O2. The van der Waals surface area contributed by atoms with Gasteiger partial charge >= 0.3 is 0 Å². The first-order valence-electron chi connectivity index (χ1n) is 7.36. The van der Waals surface area contributed by atoms with Gasteiger partial charge in [-0.2, -0.15) is 0 Å². The molecule has 1 unspecified atom stereocenters. The molecule has 2 heterocycles. The molecule has 0 bridgehead atoms. The molecule has 1 aliphatic heterocycles. The van der Waals surface area contributed by atoms with E-state index in [4.69, 9.17) is 4.74 Å². The number of carbonyl (C=O) groups excluding carboxylic acids is 1. The summed E-state index contributed by atoms with van der Waals surface area (Å²) in [5, 5.41) is 2.93. The van der Waals surface area contributed by atoms with Crippen molar-refractivity contribution in [1.82, 2.24) is 10.3 Å². The van der Waals surface area contributed by atoms with E-state index < -0.39 is 0 Å². The van der Waals surface area contributed by atoms with Gasteiger partial charge in [-0.15, -0.1) is 0 Å². The van der Waals surface area contributed by atoms with E-state index in [1.54, 1.807) is 18.5 Å². The fourth-order valence-corrected chi connectivity index (χ4v) is 2.46. The summed E-state index contributed by atoms with van der Waals surface area (Å²) >= 11 is 0. The number of aromatic nitrogens is 1. The number of fused-ring (bicyclic) bond motifs is 1. The van der Waals surface area contributed by atoms with Crippen molar-refractivity contribution in [3.8, 4) is 5.75 Å². The third-order valence-corrected chi connectivity index (χ3v) is 3.68. The quantitative estimate of drug-likeness (QED) is 0.882. The molecular weight excluding hydrogens is 276 g/mol. The van der Waals surface area contributed by atoms with Crippen LogP contribution in [0.5, 0.6) is 5.75 Å². The maximum atomic E-state index is 12.0. The number of benzene rings is 1. The molecule has 1 atom stereocenters. The summed E-state index contributed by atoms with van der Waals surface area (Å²) in [6, 6.07) is 9.72. The summed E-state index contributed by atoms with van der Waals surface area (Å²) in [6.07, 6.45) is 7.79. The second kappa shape index (κ2) is 6.43. The first-order valence-corrected chi connectivity index (χ1v) is 7.36. The Morgan fingerprint density at radius 2 is 2.32 bits per heavy atom. The van der Waals surface area contributed by atoms with E-state index >= 15 is 0 Å². The Balaban J connectivity index is 1.62. The van der Waals surface area contributed by atoms with Crippen molar-refractivity contribution < 1.29 is 9.53 Å². The zero-order valence-corrected chi connectivity index (χ0v) is 12.5. The van der Waals surface area contributed by atoms with Crippen LogP contribution in [0.4, 0.5) is 0 Å². The molecule has 0 fully saturated rings. The van der Waals surface area contributed by atoms with Crippen LogP contribution in [-0.2, 0) is 11.2 Å². The summed E-state index contributed by atoms with van der Waals surface area (Å²) in [6.45, 7) is 2.68. The summed E-state index contributed by atoms with van der Waals surface area (Å²) in [5.74, 6) is 0.833. The summed E-state index contributed by atoms with van der Waals surface area (Å²) in [7, 11) is 0. The van der Waals surface area contributed by atoms with Crippen LogP contribution in [0.1, 0.15) is 29.7 Å². The summed E-state index contributed by atoms with van der Waals surface area (Å²) in [4.78, 5) is 16.0. The van der Waals surface area contributed by atoms with Crippen molar-refractivity contribution >= 4 is 12.0 Å². The van der Waals surface area contributed by atoms with Crippen molar-refractivity contribution in [3.63, 3.8) is 0 Å². The van der Waals surface area contributed by atoms with E-state index in [1.807, 2.05) is 37.3 Å². The fraction of sp³-hybridized carbons (Fsp3) is 0.222. The zero-order valence-electron chi connectivity index (χ0n) is 12.5. The van der Waals surface area contributed by atoms with Crippen LogP contribution in [-0.4, -0.2) is 17.5 Å². The fourth-order valence-electron chi connectivity index (χ4n) is 2.46. The Morgan fingerprint density at radius 1 is 1.41 bits per heavy atom. The van der Waals surface area contributed by atoms with E-state index in [2.05, 4.69) is 16.4 Å². The number of carbonyl (C=O) groups is 1. The molecule has 0 saturated carbocycles. The molecule has 1 aromatic carbocycles. The van der Waals surface area contributed by atoms with Crippen LogP contribution >= 0.6 is 0 Å². The minimum Gasteiger partial charge on any atom is -0.493 e. The Morgan fingerprint density at radius 3 is 3.14 bits per heavy atom. The smallest absolute Gasteiger partial charge is 0.244 e. The van der Waals surface area contributed by atoms with Gasteiger partial charge in [0.1, 0.15) is 5.75 Å². The second-order valence-electron chi connectivity index (χ2n) is 5.32. The molecule has 112 valence electrons. The highest BCUT2D eigenvalue weighted by Gasteiger charge is 2.11. The molecule has 1 amide bonds. The average molecular weight is 294 g/mol. The van der Waals surface area contributed by atoms with Gasteiger partial charge in [0.25, 0.3) is 0 Å². The molecule has 0 aliphatic carbocycles. The zero-order chi connectivity index (χ0) is 15.4. The average Bonchev–Trinajstić information content (AvgIpc) is 3.01. The van der Waals surface area contributed by atoms with Crippen LogP contribution in [0.15, 0.2) is 48.8 Å². The topological polar surface area (TPSA) is 51.2 Å². The number of ether oxygens (including phenoxy) is 1. The number of hydrogen-bond acceptors (Lipinski definition) is 3. The van der Waals surface area contributed by atoms with Crippen LogP contribution in [0, 0.1) is 0 Å². The highest BCUT2D eigenvalue weighted by molar-refractivity contribution is 5.92. The highest BCUT2D eigenvalue weighted by atomic mass is 16.5. The van der Waals surface area contributed by atoms with Crippen LogP contribution < -0.4 is 10.1 Å². The number of hydrogen-bond donors (Lipinski definition) is 1. The van der Waals surface area contributed by atoms with Gasteiger partial charge < -0.3 is 10.1 Å². The van der Waals surface area contributed by atoms with Gasteiger partial charge in [-0.25, -0.2) is 0 Å². The van der Waals surface area contributed by atoms with Crippen molar-refractivity contribution in [2.24, 2.45) is 0 Å². The summed E-state index contributed by atoms with van der Waals surface area (Å²) in [5.41, 5.74) is 3.19. The Bertz CT molecular complexity index is 695. The lowest BCUT2D eigenvalue weighted by molar-refractivity contribution is -0.117. The van der Waals surface area contributed by atoms with E-state index in [0.29, 0.717) is 0 Å². The minimum atomic E-state index is -0.117. The van der Waals surface area contributed by atoms with Crippen LogP contribution in [0.25, 0.3) is 6.08 Å². The molecule has 4 nitrogen and oxygen atoms in total. The van der Waals surface area contributed by atoms with Crippen molar-refractivity contribution in [2.45, 2.75) is 19.4 Å². The third-order valence-electron chi connectivity index (χ3n) is 3.68. The monoisotopic (exact) mass is 294 g/mol. The largest absolute Gasteiger partial charge is 0.493 e. The SMILES string of the molecule is CC(NC(=O)/C=C/c1ccc2c(c1)CCO2)c1cccnc1. The lowest BCUT2D eigenvalue weighted by Gasteiger charge is -2.12. The number of nitrogens with one attached hydrogen (secondary N) is 1. The molecule has 0 saturated heterocycles. The molecule has 3 rings (SSSR count). The maximum Gasteiger partial charge on any atom is 0.244 e. The number of pyridine rings is 1. The van der Waals surface area contributed by atoms with Gasteiger partial charge in [-0.05, 0) is 47.9 Å². The highest BCUT2D eigenvalue weighted by Crippen LogP contribution is 2.26. The molecule has 4 heteroatoms. The normalized spacial score (nSPS) is 14.4. The Kier molecular flexibility index (Phi) is 4.19. The van der Waals surface area contributed by atoms with E-state index in [9.17, 15) is 4.79 Å². The first-order chi connectivity index (χ1) is 10.7. The molecule has 1 aromatic heterocycles. The number of amides is 1. The molecule has 2 aromatic rings. The van der Waals surface area contributed by atoms with E-state index in [-0.39, 0.29) is 11.9 Å². The molecule has 0 spiro atoms. The molecule has 1 aliphatic rings. The Labute approximate surface area is 129 Å². The number of rotatable bonds is 4. The van der Waals surface area contributed by atoms with Gasteiger partial charge in [0.15, 0.2) is 0 Å². The second-order valence-corrected chi connectivity index (χ2v) is 5.32. The van der Waals surface area contributed by atoms with Gasteiger partial charge in [-0.3, -0.25) is 9.78 Å². The first kappa shape index (κ1) is 14.3. The Hall–Kier alpha value is -2.62. The van der Waals surface area contributed by atoms with Gasteiger partial charge in [-0.1, -0.05) is 12.1 Å². The van der Waals surface area contributed by atoms with Crippen molar-refractivity contribution in [1.29, 1.82) is 0 Å². The van der Waals surface area contributed by atoms with Crippen molar-refractivity contribution in [2.75, 3.05) is 6.61 Å². The number of nitrogens with zero attached hydrogens (tertiary/aromatic N) is 1. The van der Waals surface area contributed by atoms with Crippen LogP contribution in [0.2, 0.25) is 0 Å². The van der Waals surface area contributed by atoms with Gasteiger partial charge in [0.05, 0.1) is 12.6 Å².